The van der Waals surface area contributed by atoms with Crippen molar-refractivity contribution in [2.45, 2.75) is 19.4 Å². The van der Waals surface area contributed by atoms with E-state index in [1.807, 2.05) is 30.3 Å². The van der Waals surface area contributed by atoms with Crippen LogP contribution in [-0.2, 0) is 13.0 Å². The van der Waals surface area contributed by atoms with E-state index < -0.39 is 5.91 Å². The van der Waals surface area contributed by atoms with Crippen molar-refractivity contribution >= 4 is 16.8 Å². The van der Waals surface area contributed by atoms with Crippen molar-refractivity contribution in [2.24, 2.45) is 0 Å². The van der Waals surface area contributed by atoms with Crippen LogP contribution in [0.3, 0.4) is 0 Å². The van der Waals surface area contributed by atoms with Crippen LogP contribution in [0.1, 0.15) is 28.2 Å². The number of nitrogens with one attached hydrogen (secondary N) is 2. The number of H-pyrrole nitrogens is 1. The second kappa shape index (κ2) is 8.07. The first-order valence-electron chi connectivity index (χ1n) is 10.3. The largest absolute Gasteiger partial charge is 0.493 e. The SMILES string of the molecule is O=C(NCc1ccc(-c2ccc3c(c2)CCCO3)cc1)c1nc2ccccc2c(=O)[nH]1. The average molecular weight is 411 g/mol. The number of benzene rings is 3. The molecule has 1 aliphatic heterocycles. The number of carbonyl (C=O) groups is 1. The minimum Gasteiger partial charge on any atom is -0.493 e. The third-order valence-corrected chi connectivity index (χ3v) is 5.48. The molecule has 0 radical (unpaired) electrons. The number of aromatic nitrogens is 2. The van der Waals surface area contributed by atoms with Crippen LogP contribution in [0, 0.1) is 0 Å². The Bertz CT molecular complexity index is 1330. The highest BCUT2D eigenvalue weighted by atomic mass is 16.5. The molecule has 6 nitrogen and oxygen atoms in total. The zero-order chi connectivity index (χ0) is 21.2. The summed E-state index contributed by atoms with van der Waals surface area (Å²) >= 11 is 0. The maximum absolute atomic E-state index is 12.5. The first-order chi connectivity index (χ1) is 15.2. The maximum atomic E-state index is 12.5. The summed E-state index contributed by atoms with van der Waals surface area (Å²) in [5, 5.41) is 3.28. The van der Waals surface area contributed by atoms with Gasteiger partial charge < -0.3 is 15.0 Å². The number of fused-ring (bicyclic) bond motifs is 2. The molecule has 31 heavy (non-hydrogen) atoms. The molecule has 0 saturated carbocycles. The van der Waals surface area contributed by atoms with Gasteiger partial charge >= 0.3 is 0 Å². The molecule has 5 rings (SSSR count). The van der Waals surface area contributed by atoms with Crippen LogP contribution in [0.4, 0.5) is 0 Å². The Kier molecular flexibility index (Phi) is 4.96. The van der Waals surface area contributed by atoms with E-state index in [-0.39, 0.29) is 11.4 Å². The molecule has 2 heterocycles. The molecule has 4 aromatic rings. The van der Waals surface area contributed by atoms with Crippen LogP contribution in [0.25, 0.3) is 22.0 Å². The van der Waals surface area contributed by atoms with Crippen molar-refractivity contribution < 1.29 is 9.53 Å². The fraction of sp³-hybridized carbons (Fsp3) is 0.160. The molecule has 1 aromatic heterocycles. The number of hydrogen-bond donors (Lipinski definition) is 2. The molecule has 0 aliphatic carbocycles. The van der Waals surface area contributed by atoms with E-state index in [1.54, 1.807) is 24.3 Å². The van der Waals surface area contributed by atoms with Gasteiger partial charge in [-0.3, -0.25) is 9.59 Å². The Labute approximate surface area is 178 Å². The number of para-hydroxylation sites is 1. The van der Waals surface area contributed by atoms with Gasteiger partial charge in [0.05, 0.1) is 17.5 Å². The van der Waals surface area contributed by atoms with Crippen molar-refractivity contribution in [2.75, 3.05) is 6.61 Å². The Morgan fingerprint density at radius 3 is 2.71 bits per heavy atom. The topological polar surface area (TPSA) is 84.1 Å². The Morgan fingerprint density at radius 2 is 1.84 bits per heavy atom. The highest BCUT2D eigenvalue weighted by Crippen LogP contribution is 2.30. The molecule has 0 bridgehead atoms. The van der Waals surface area contributed by atoms with Crippen molar-refractivity contribution in [3.8, 4) is 16.9 Å². The fourth-order valence-corrected chi connectivity index (χ4v) is 3.82. The van der Waals surface area contributed by atoms with Crippen LogP contribution < -0.4 is 15.6 Å². The molecule has 2 N–H and O–H groups in total. The monoisotopic (exact) mass is 411 g/mol. The third kappa shape index (κ3) is 3.92. The molecule has 0 spiro atoms. The summed E-state index contributed by atoms with van der Waals surface area (Å²) in [5.41, 5.74) is 4.65. The molecular formula is C25H21N3O3. The van der Waals surface area contributed by atoms with Crippen LogP contribution in [0.5, 0.6) is 5.75 Å². The van der Waals surface area contributed by atoms with Crippen molar-refractivity contribution in [1.29, 1.82) is 0 Å². The van der Waals surface area contributed by atoms with Crippen molar-refractivity contribution in [3.63, 3.8) is 0 Å². The molecule has 1 aliphatic rings. The lowest BCUT2D eigenvalue weighted by Crippen LogP contribution is -2.27. The molecule has 0 atom stereocenters. The van der Waals surface area contributed by atoms with Gasteiger partial charge in [-0.1, -0.05) is 42.5 Å². The van der Waals surface area contributed by atoms with E-state index in [0.717, 1.165) is 41.9 Å². The molecule has 0 saturated heterocycles. The van der Waals surface area contributed by atoms with Crippen LogP contribution in [0.15, 0.2) is 71.5 Å². The quantitative estimate of drug-likeness (QED) is 0.534. The highest BCUT2D eigenvalue weighted by Gasteiger charge is 2.12. The first-order valence-corrected chi connectivity index (χ1v) is 10.3. The predicted octanol–water partition coefficient (Wildman–Crippen LogP) is 3.85. The number of rotatable bonds is 4. The van der Waals surface area contributed by atoms with Crippen molar-refractivity contribution in [1.82, 2.24) is 15.3 Å². The minimum atomic E-state index is -0.415. The van der Waals surface area contributed by atoms with E-state index in [0.29, 0.717) is 17.4 Å². The zero-order valence-electron chi connectivity index (χ0n) is 16.9. The summed E-state index contributed by atoms with van der Waals surface area (Å²) in [7, 11) is 0. The van der Waals surface area contributed by atoms with E-state index in [2.05, 4.69) is 27.4 Å². The Hall–Kier alpha value is -3.93. The third-order valence-electron chi connectivity index (χ3n) is 5.48. The van der Waals surface area contributed by atoms with Gasteiger partial charge in [0.15, 0.2) is 5.82 Å². The summed E-state index contributed by atoms with van der Waals surface area (Å²) in [5.74, 6) is 0.577. The van der Waals surface area contributed by atoms with E-state index in [1.165, 1.54) is 5.56 Å². The number of hydrogen-bond acceptors (Lipinski definition) is 4. The lowest BCUT2D eigenvalue weighted by Gasteiger charge is -2.18. The van der Waals surface area contributed by atoms with Gasteiger partial charge in [0.2, 0.25) is 0 Å². The summed E-state index contributed by atoms with van der Waals surface area (Å²) < 4.78 is 5.69. The zero-order valence-corrected chi connectivity index (χ0v) is 16.9. The minimum absolute atomic E-state index is 0.0107. The molecular weight excluding hydrogens is 390 g/mol. The van der Waals surface area contributed by atoms with Gasteiger partial charge in [0.1, 0.15) is 5.75 Å². The predicted molar refractivity (Wildman–Crippen MR) is 119 cm³/mol. The molecule has 6 heteroatoms. The summed E-state index contributed by atoms with van der Waals surface area (Å²) in [6, 6.07) is 21.3. The first kappa shape index (κ1) is 19.1. The van der Waals surface area contributed by atoms with Crippen LogP contribution >= 0.6 is 0 Å². The van der Waals surface area contributed by atoms with Crippen LogP contribution in [-0.4, -0.2) is 22.5 Å². The van der Waals surface area contributed by atoms with Gasteiger partial charge in [0, 0.05) is 6.54 Å². The maximum Gasteiger partial charge on any atom is 0.287 e. The van der Waals surface area contributed by atoms with Gasteiger partial charge in [0.25, 0.3) is 11.5 Å². The Morgan fingerprint density at radius 1 is 1.03 bits per heavy atom. The molecule has 3 aromatic carbocycles. The summed E-state index contributed by atoms with van der Waals surface area (Å²) in [4.78, 5) is 31.5. The number of amides is 1. The van der Waals surface area contributed by atoms with Gasteiger partial charge in [-0.15, -0.1) is 0 Å². The van der Waals surface area contributed by atoms with Crippen LogP contribution in [0.2, 0.25) is 0 Å². The number of aromatic amines is 1. The van der Waals surface area contributed by atoms with E-state index in [4.69, 9.17) is 4.74 Å². The van der Waals surface area contributed by atoms with Crippen molar-refractivity contribution in [3.05, 3.63) is 94.0 Å². The fourth-order valence-electron chi connectivity index (χ4n) is 3.82. The number of aryl methyl sites for hydroxylation is 1. The molecule has 154 valence electrons. The van der Waals surface area contributed by atoms with Gasteiger partial charge in [-0.2, -0.15) is 0 Å². The highest BCUT2D eigenvalue weighted by molar-refractivity contribution is 5.92. The second-order valence-electron chi connectivity index (χ2n) is 7.59. The second-order valence-corrected chi connectivity index (χ2v) is 7.59. The van der Waals surface area contributed by atoms with Gasteiger partial charge in [-0.25, -0.2) is 4.98 Å². The molecule has 1 amide bonds. The number of ether oxygens (including phenoxy) is 1. The Balaban J connectivity index is 1.28. The van der Waals surface area contributed by atoms with Gasteiger partial charge in [-0.05, 0) is 59.4 Å². The summed E-state index contributed by atoms with van der Waals surface area (Å²) in [6.07, 6.45) is 2.09. The number of nitrogens with zero attached hydrogens (tertiary/aromatic N) is 1. The lowest BCUT2D eigenvalue weighted by atomic mass is 9.98. The smallest absolute Gasteiger partial charge is 0.287 e. The molecule has 0 fully saturated rings. The standard InChI is InChI=1S/C25H21N3O3/c29-24-20-5-1-2-6-21(20)27-23(28-24)25(30)26-15-16-7-9-17(10-8-16)18-11-12-22-19(14-18)4-3-13-31-22/h1-2,5-12,14H,3-4,13,15H2,(H,26,30)(H,27,28,29). The molecule has 0 unspecified atom stereocenters. The number of carbonyl (C=O) groups excluding carboxylic acids is 1. The normalized spacial score (nSPS) is 12.8. The lowest BCUT2D eigenvalue weighted by molar-refractivity contribution is 0.0940. The average Bonchev–Trinajstić information content (AvgIpc) is 2.82. The van der Waals surface area contributed by atoms with E-state index in [9.17, 15) is 9.59 Å². The van der Waals surface area contributed by atoms with E-state index >= 15 is 0 Å². The summed E-state index contributed by atoms with van der Waals surface area (Å²) in [6.45, 7) is 1.13.